The van der Waals surface area contributed by atoms with E-state index in [-0.39, 0.29) is 5.82 Å². The van der Waals surface area contributed by atoms with Gasteiger partial charge in [-0.05, 0) is 26.7 Å². The highest BCUT2D eigenvalue weighted by molar-refractivity contribution is 7.99. The van der Waals surface area contributed by atoms with Gasteiger partial charge in [-0.3, -0.25) is 0 Å². The molecule has 1 fully saturated rings. The normalized spacial score (nSPS) is 16.6. The number of aromatic nitrogens is 2. The summed E-state index contributed by atoms with van der Waals surface area (Å²) < 4.78 is 13.8. The van der Waals surface area contributed by atoms with Crippen LogP contribution in [-0.4, -0.2) is 21.8 Å². The monoisotopic (exact) mass is 283 g/mol. The van der Waals surface area contributed by atoms with Crippen molar-refractivity contribution in [3.8, 4) is 0 Å². The second-order valence-corrected chi connectivity index (χ2v) is 6.28. The SMILES string of the molecule is CCNc1nc(CSC2CCCCC2)nc(C)c1F. The number of rotatable bonds is 5. The minimum Gasteiger partial charge on any atom is -0.368 e. The van der Waals surface area contributed by atoms with Crippen LogP contribution in [0.15, 0.2) is 0 Å². The van der Waals surface area contributed by atoms with E-state index < -0.39 is 0 Å². The molecule has 5 heteroatoms. The van der Waals surface area contributed by atoms with Crippen LogP contribution in [0.1, 0.15) is 50.5 Å². The molecule has 0 aliphatic heterocycles. The maximum atomic E-state index is 13.8. The van der Waals surface area contributed by atoms with Crippen molar-refractivity contribution < 1.29 is 4.39 Å². The van der Waals surface area contributed by atoms with Crippen LogP contribution in [0.4, 0.5) is 10.2 Å². The summed E-state index contributed by atoms with van der Waals surface area (Å²) in [6.45, 7) is 4.31. The Morgan fingerprint density at radius 3 is 2.68 bits per heavy atom. The minimum atomic E-state index is -0.326. The Bertz CT molecular complexity index is 419. The minimum absolute atomic E-state index is 0.326. The van der Waals surface area contributed by atoms with Gasteiger partial charge in [-0.2, -0.15) is 11.8 Å². The molecule has 0 aromatic carbocycles. The number of nitrogens with one attached hydrogen (secondary N) is 1. The van der Waals surface area contributed by atoms with E-state index in [0.29, 0.717) is 18.1 Å². The van der Waals surface area contributed by atoms with E-state index in [2.05, 4.69) is 15.3 Å². The molecular formula is C14H22FN3S. The maximum absolute atomic E-state index is 13.8. The maximum Gasteiger partial charge on any atom is 0.186 e. The van der Waals surface area contributed by atoms with E-state index in [4.69, 9.17) is 0 Å². The zero-order valence-corrected chi connectivity index (χ0v) is 12.5. The van der Waals surface area contributed by atoms with Gasteiger partial charge in [0.1, 0.15) is 5.82 Å². The van der Waals surface area contributed by atoms with Crippen LogP contribution in [0.25, 0.3) is 0 Å². The van der Waals surface area contributed by atoms with E-state index in [1.165, 1.54) is 32.1 Å². The number of hydrogen-bond acceptors (Lipinski definition) is 4. The Kier molecular flexibility index (Phi) is 5.43. The van der Waals surface area contributed by atoms with Gasteiger partial charge in [-0.1, -0.05) is 19.3 Å². The van der Waals surface area contributed by atoms with Crippen molar-refractivity contribution in [3.05, 3.63) is 17.3 Å². The summed E-state index contributed by atoms with van der Waals surface area (Å²) in [6.07, 6.45) is 6.64. The summed E-state index contributed by atoms with van der Waals surface area (Å²) in [6, 6.07) is 0. The number of halogens is 1. The van der Waals surface area contributed by atoms with Crippen LogP contribution in [0.2, 0.25) is 0 Å². The molecule has 1 aliphatic carbocycles. The van der Waals surface area contributed by atoms with Gasteiger partial charge in [0.15, 0.2) is 11.6 Å². The predicted octanol–water partition coefficient (Wildman–Crippen LogP) is 3.92. The molecular weight excluding hydrogens is 261 g/mol. The third-order valence-corrected chi connectivity index (χ3v) is 4.78. The molecule has 1 aromatic heterocycles. The Morgan fingerprint density at radius 1 is 1.26 bits per heavy atom. The molecule has 19 heavy (non-hydrogen) atoms. The number of aryl methyl sites for hydroxylation is 1. The van der Waals surface area contributed by atoms with Gasteiger partial charge < -0.3 is 5.32 Å². The lowest BCUT2D eigenvalue weighted by Gasteiger charge is -2.20. The molecule has 1 aromatic rings. The average Bonchev–Trinajstić information content (AvgIpc) is 2.43. The van der Waals surface area contributed by atoms with Crippen LogP contribution in [0, 0.1) is 12.7 Å². The van der Waals surface area contributed by atoms with Gasteiger partial charge in [-0.25, -0.2) is 14.4 Å². The first-order valence-corrected chi connectivity index (χ1v) is 8.14. The molecule has 0 bridgehead atoms. The fourth-order valence-electron chi connectivity index (χ4n) is 2.39. The quantitative estimate of drug-likeness (QED) is 0.888. The smallest absolute Gasteiger partial charge is 0.186 e. The zero-order valence-electron chi connectivity index (χ0n) is 11.7. The molecule has 0 saturated heterocycles. The standard InChI is InChI=1S/C14H22FN3S/c1-3-16-14-13(15)10(2)17-12(18-14)9-19-11-7-5-4-6-8-11/h11H,3-9H2,1-2H3,(H,16,17,18). The lowest BCUT2D eigenvalue weighted by Crippen LogP contribution is -2.11. The predicted molar refractivity (Wildman–Crippen MR) is 79.1 cm³/mol. The van der Waals surface area contributed by atoms with E-state index in [1.807, 2.05) is 18.7 Å². The number of nitrogens with zero attached hydrogens (tertiary/aromatic N) is 2. The lowest BCUT2D eigenvalue weighted by atomic mass is 10.0. The van der Waals surface area contributed by atoms with Crippen LogP contribution < -0.4 is 5.32 Å². The van der Waals surface area contributed by atoms with Crippen molar-refractivity contribution >= 4 is 17.6 Å². The molecule has 0 spiro atoms. The first-order chi connectivity index (χ1) is 9.20. The van der Waals surface area contributed by atoms with Gasteiger partial charge in [0.05, 0.1) is 11.4 Å². The van der Waals surface area contributed by atoms with Gasteiger partial charge in [0, 0.05) is 11.8 Å². The summed E-state index contributed by atoms with van der Waals surface area (Å²) in [7, 11) is 0. The summed E-state index contributed by atoms with van der Waals surface area (Å²) >= 11 is 1.92. The highest BCUT2D eigenvalue weighted by Crippen LogP contribution is 2.30. The first-order valence-electron chi connectivity index (χ1n) is 7.09. The second-order valence-electron chi connectivity index (χ2n) is 4.99. The molecule has 1 saturated carbocycles. The highest BCUT2D eigenvalue weighted by atomic mass is 32.2. The molecule has 106 valence electrons. The number of thioether (sulfide) groups is 1. The largest absolute Gasteiger partial charge is 0.368 e. The van der Waals surface area contributed by atoms with Crippen LogP contribution >= 0.6 is 11.8 Å². The van der Waals surface area contributed by atoms with Crippen molar-refractivity contribution in [2.24, 2.45) is 0 Å². The Hall–Kier alpha value is -0.840. The Labute approximate surface area is 118 Å². The first kappa shape index (κ1) is 14.6. The molecule has 0 unspecified atom stereocenters. The van der Waals surface area contributed by atoms with Crippen molar-refractivity contribution in [2.75, 3.05) is 11.9 Å². The third-order valence-electron chi connectivity index (χ3n) is 3.41. The summed E-state index contributed by atoms with van der Waals surface area (Å²) in [5.41, 5.74) is 0.435. The van der Waals surface area contributed by atoms with Crippen LogP contribution in [0.3, 0.4) is 0 Å². The molecule has 1 N–H and O–H groups in total. The zero-order chi connectivity index (χ0) is 13.7. The molecule has 3 nitrogen and oxygen atoms in total. The van der Waals surface area contributed by atoms with Crippen molar-refractivity contribution in [1.29, 1.82) is 0 Å². The summed E-state index contributed by atoms with van der Waals surface area (Å²) in [4.78, 5) is 8.54. The fraction of sp³-hybridized carbons (Fsp3) is 0.714. The van der Waals surface area contributed by atoms with Crippen molar-refractivity contribution in [3.63, 3.8) is 0 Å². The van der Waals surface area contributed by atoms with E-state index >= 15 is 0 Å². The number of anilines is 1. The van der Waals surface area contributed by atoms with Crippen molar-refractivity contribution in [1.82, 2.24) is 9.97 Å². The molecule has 0 radical (unpaired) electrons. The van der Waals surface area contributed by atoms with Crippen LogP contribution in [-0.2, 0) is 5.75 Å². The Morgan fingerprint density at radius 2 is 2.00 bits per heavy atom. The highest BCUT2D eigenvalue weighted by Gasteiger charge is 2.16. The van der Waals surface area contributed by atoms with E-state index in [0.717, 1.165) is 16.8 Å². The lowest BCUT2D eigenvalue weighted by molar-refractivity contribution is 0.516. The van der Waals surface area contributed by atoms with E-state index in [1.54, 1.807) is 6.92 Å². The molecule has 0 atom stereocenters. The van der Waals surface area contributed by atoms with Gasteiger partial charge in [0.25, 0.3) is 0 Å². The second kappa shape index (κ2) is 7.08. The van der Waals surface area contributed by atoms with Crippen molar-refractivity contribution in [2.45, 2.75) is 57.0 Å². The molecule has 1 heterocycles. The van der Waals surface area contributed by atoms with Gasteiger partial charge in [0.2, 0.25) is 0 Å². The molecule has 0 amide bonds. The number of hydrogen-bond donors (Lipinski definition) is 1. The van der Waals surface area contributed by atoms with E-state index in [9.17, 15) is 4.39 Å². The Balaban J connectivity index is 1.99. The third kappa shape index (κ3) is 4.06. The molecule has 1 aliphatic rings. The van der Waals surface area contributed by atoms with Crippen LogP contribution in [0.5, 0.6) is 0 Å². The topological polar surface area (TPSA) is 37.8 Å². The average molecular weight is 283 g/mol. The molecule has 2 rings (SSSR count). The summed E-state index contributed by atoms with van der Waals surface area (Å²) in [5, 5.41) is 3.69. The summed E-state index contributed by atoms with van der Waals surface area (Å²) in [5.74, 6) is 1.54. The van der Waals surface area contributed by atoms with Gasteiger partial charge >= 0.3 is 0 Å². The fourth-order valence-corrected chi connectivity index (χ4v) is 3.57. The van der Waals surface area contributed by atoms with Gasteiger partial charge in [-0.15, -0.1) is 0 Å².